The summed E-state index contributed by atoms with van der Waals surface area (Å²) in [5, 5.41) is 0. The van der Waals surface area contributed by atoms with Crippen molar-refractivity contribution in [2.45, 2.75) is 70.9 Å². The van der Waals surface area contributed by atoms with Crippen LogP contribution < -0.4 is 5.73 Å². The lowest BCUT2D eigenvalue weighted by atomic mass is 9.74. The molecule has 152 valence electrons. The summed E-state index contributed by atoms with van der Waals surface area (Å²) >= 11 is 0. The van der Waals surface area contributed by atoms with Crippen molar-refractivity contribution < 1.29 is 9.13 Å². The van der Waals surface area contributed by atoms with E-state index in [9.17, 15) is 4.39 Å². The van der Waals surface area contributed by atoms with E-state index in [1.807, 2.05) is 13.0 Å². The molecule has 3 atom stereocenters. The summed E-state index contributed by atoms with van der Waals surface area (Å²) in [7, 11) is 0. The Morgan fingerprint density at radius 2 is 1.89 bits per heavy atom. The third-order valence-corrected chi connectivity index (χ3v) is 6.19. The minimum Gasteiger partial charge on any atom is -0.376 e. The fourth-order valence-electron chi connectivity index (χ4n) is 4.56. The molecule has 1 aliphatic rings. The van der Waals surface area contributed by atoms with Crippen LogP contribution in [0.4, 0.5) is 4.39 Å². The average molecular weight is 384 g/mol. The predicted octanol–water partition coefficient (Wildman–Crippen LogP) is 6.21. The van der Waals surface area contributed by atoms with Gasteiger partial charge in [-0.15, -0.1) is 0 Å². The van der Waals surface area contributed by atoms with Gasteiger partial charge in [-0.1, -0.05) is 42.0 Å². The summed E-state index contributed by atoms with van der Waals surface area (Å²) in [6.45, 7) is 9.00. The molecule has 2 aromatic carbocycles. The van der Waals surface area contributed by atoms with Crippen molar-refractivity contribution in [2.75, 3.05) is 6.61 Å². The van der Waals surface area contributed by atoms with Crippen LogP contribution in [0.2, 0.25) is 0 Å². The minimum absolute atomic E-state index is 0.00514. The number of hydrogen-bond donors (Lipinski definition) is 1. The van der Waals surface area contributed by atoms with Crippen LogP contribution in [0.3, 0.4) is 0 Å². The number of hydrogen-bond acceptors (Lipinski definition) is 2. The Labute approximate surface area is 169 Å². The molecule has 0 spiro atoms. The lowest BCUT2D eigenvalue weighted by Gasteiger charge is -2.40. The maximum Gasteiger partial charge on any atom is 0.126 e. The molecule has 1 fully saturated rings. The predicted molar refractivity (Wildman–Crippen MR) is 114 cm³/mol. The summed E-state index contributed by atoms with van der Waals surface area (Å²) in [4.78, 5) is 0. The van der Waals surface area contributed by atoms with E-state index in [0.29, 0.717) is 17.4 Å². The third-order valence-electron chi connectivity index (χ3n) is 6.19. The van der Waals surface area contributed by atoms with Crippen molar-refractivity contribution in [3.63, 3.8) is 0 Å². The summed E-state index contributed by atoms with van der Waals surface area (Å²) in [5.74, 6) is 0.668. The van der Waals surface area contributed by atoms with Crippen LogP contribution in [0.1, 0.15) is 73.7 Å². The number of nitrogens with two attached hydrogens (primary N) is 1. The maximum absolute atomic E-state index is 14.3. The second-order valence-corrected chi connectivity index (χ2v) is 9.07. The Morgan fingerprint density at radius 3 is 2.57 bits per heavy atom. The molecule has 1 heterocycles. The molecule has 2 N–H and O–H groups in total. The summed E-state index contributed by atoms with van der Waals surface area (Å²) in [5.41, 5.74) is 10.6. The van der Waals surface area contributed by atoms with E-state index in [1.54, 1.807) is 6.07 Å². The van der Waals surface area contributed by atoms with Crippen molar-refractivity contribution in [3.05, 3.63) is 70.5 Å². The van der Waals surface area contributed by atoms with E-state index < -0.39 is 0 Å². The van der Waals surface area contributed by atoms with Gasteiger partial charge in [-0.25, -0.2) is 4.39 Å². The highest BCUT2D eigenvalue weighted by Gasteiger charge is 2.34. The first-order chi connectivity index (χ1) is 13.2. The van der Waals surface area contributed by atoms with Gasteiger partial charge in [0.15, 0.2) is 0 Å². The normalized spacial score (nSPS) is 21.3. The fraction of sp³-hybridized carbons (Fsp3) is 0.520. The highest BCUT2D eigenvalue weighted by molar-refractivity contribution is 5.28. The lowest BCUT2D eigenvalue weighted by Crippen LogP contribution is -2.36. The molecular weight excluding hydrogens is 349 g/mol. The van der Waals surface area contributed by atoms with E-state index in [0.717, 1.165) is 37.9 Å². The molecule has 2 nitrogen and oxygen atoms in total. The van der Waals surface area contributed by atoms with Crippen molar-refractivity contribution in [1.82, 2.24) is 0 Å². The average Bonchev–Trinajstić information content (AvgIpc) is 2.64. The molecule has 0 aromatic heterocycles. The van der Waals surface area contributed by atoms with Gasteiger partial charge in [-0.05, 0) is 88.0 Å². The molecule has 3 rings (SSSR count). The molecule has 1 unspecified atom stereocenters. The van der Waals surface area contributed by atoms with Gasteiger partial charge >= 0.3 is 0 Å². The van der Waals surface area contributed by atoms with Gasteiger partial charge < -0.3 is 10.5 Å². The smallest absolute Gasteiger partial charge is 0.126 e. The van der Waals surface area contributed by atoms with E-state index in [2.05, 4.69) is 51.1 Å². The van der Waals surface area contributed by atoms with Gasteiger partial charge in [0, 0.05) is 12.6 Å². The standard InChI is InChI=1S/C25H34FNO/c1-17-6-5-7-20(14-17)24(27)11-10-22(19-9-8-18(2)23(26)15-19)21-12-13-28-25(3,4)16-21/h5-9,14-15,21-22,24H,10-13,16,27H2,1-4H3/t21-,22-,24?/m1/s1. The lowest BCUT2D eigenvalue weighted by molar-refractivity contribution is -0.0773. The van der Waals surface area contributed by atoms with Crippen molar-refractivity contribution in [2.24, 2.45) is 11.7 Å². The van der Waals surface area contributed by atoms with Crippen molar-refractivity contribution >= 4 is 0 Å². The Kier molecular flexibility index (Phi) is 6.57. The minimum atomic E-state index is -0.122. The van der Waals surface area contributed by atoms with Gasteiger partial charge in [0.05, 0.1) is 5.60 Å². The zero-order valence-corrected chi connectivity index (χ0v) is 17.7. The largest absolute Gasteiger partial charge is 0.376 e. The number of ether oxygens (including phenoxy) is 1. The monoisotopic (exact) mass is 383 g/mol. The molecule has 0 bridgehead atoms. The Bertz CT molecular complexity index is 801. The molecule has 3 heteroatoms. The second kappa shape index (κ2) is 8.75. The number of halogens is 1. The zero-order chi connectivity index (χ0) is 20.3. The molecule has 0 aliphatic carbocycles. The van der Waals surface area contributed by atoms with Gasteiger partial charge in [-0.3, -0.25) is 0 Å². The highest BCUT2D eigenvalue weighted by Crippen LogP contribution is 2.41. The molecule has 0 radical (unpaired) electrons. The summed E-state index contributed by atoms with van der Waals surface area (Å²) in [6.07, 6.45) is 3.86. The highest BCUT2D eigenvalue weighted by atomic mass is 19.1. The van der Waals surface area contributed by atoms with E-state index >= 15 is 0 Å². The number of aryl methyl sites for hydroxylation is 2. The van der Waals surface area contributed by atoms with Crippen LogP contribution >= 0.6 is 0 Å². The first kappa shape index (κ1) is 21.0. The third kappa shape index (κ3) is 5.21. The molecule has 1 saturated heterocycles. The first-order valence-corrected chi connectivity index (χ1v) is 10.5. The Hall–Kier alpha value is -1.71. The van der Waals surface area contributed by atoms with Gasteiger partial charge in [0.2, 0.25) is 0 Å². The maximum atomic E-state index is 14.3. The van der Waals surface area contributed by atoms with Crippen LogP contribution in [-0.4, -0.2) is 12.2 Å². The molecule has 2 aromatic rings. The molecule has 0 saturated carbocycles. The Morgan fingerprint density at radius 1 is 1.11 bits per heavy atom. The van der Waals surface area contributed by atoms with E-state index in [-0.39, 0.29) is 17.5 Å². The van der Waals surface area contributed by atoms with Gasteiger partial charge in [0.25, 0.3) is 0 Å². The van der Waals surface area contributed by atoms with Crippen LogP contribution in [-0.2, 0) is 4.74 Å². The quantitative estimate of drug-likeness (QED) is 0.643. The van der Waals surface area contributed by atoms with Gasteiger partial charge in [0.1, 0.15) is 5.82 Å². The van der Waals surface area contributed by atoms with Crippen molar-refractivity contribution in [3.8, 4) is 0 Å². The van der Waals surface area contributed by atoms with Crippen LogP contribution in [0.5, 0.6) is 0 Å². The number of rotatable bonds is 6. The summed E-state index contributed by atoms with van der Waals surface area (Å²) < 4.78 is 20.3. The number of benzene rings is 2. The molecule has 1 aliphatic heterocycles. The Balaban J connectivity index is 1.80. The molecule has 0 amide bonds. The first-order valence-electron chi connectivity index (χ1n) is 10.5. The van der Waals surface area contributed by atoms with Crippen LogP contribution in [0.15, 0.2) is 42.5 Å². The molecular formula is C25H34FNO. The second-order valence-electron chi connectivity index (χ2n) is 9.07. The molecule has 28 heavy (non-hydrogen) atoms. The van der Waals surface area contributed by atoms with Gasteiger partial charge in [-0.2, -0.15) is 0 Å². The van der Waals surface area contributed by atoms with Crippen LogP contribution in [0.25, 0.3) is 0 Å². The van der Waals surface area contributed by atoms with E-state index in [1.165, 1.54) is 11.1 Å². The zero-order valence-electron chi connectivity index (χ0n) is 17.7. The van der Waals surface area contributed by atoms with Crippen LogP contribution in [0, 0.1) is 25.6 Å². The van der Waals surface area contributed by atoms with Crippen molar-refractivity contribution in [1.29, 1.82) is 0 Å². The fourth-order valence-corrected chi connectivity index (χ4v) is 4.56. The SMILES string of the molecule is Cc1cccc(C(N)CC[C@H](c2ccc(C)c(F)c2)[C@@H]2CCOC(C)(C)C2)c1. The summed E-state index contributed by atoms with van der Waals surface area (Å²) in [6, 6.07) is 14.2. The topological polar surface area (TPSA) is 35.2 Å². The van der Waals surface area contributed by atoms with E-state index in [4.69, 9.17) is 10.5 Å².